The second-order valence-corrected chi connectivity index (χ2v) is 6.38. The van der Waals surface area contributed by atoms with E-state index in [0.29, 0.717) is 11.6 Å². The molecule has 0 spiro atoms. The highest BCUT2D eigenvalue weighted by Gasteiger charge is 2.21. The summed E-state index contributed by atoms with van der Waals surface area (Å²) in [5.41, 5.74) is 0.424. The highest BCUT2D eigenvalue weighted by atomic mass is 127. The standard InChI is InChI=1S/C13H18INO2/c1-9-3-2-4-10(5-9)7-15-8-11(14)6-12(15)13(16)17/h6,8-10H,2-5,7H2,1H3,(H,16,17). The largest absolute Gasteiger partial charge is 0.477 e. The van der Waals surface area contributed by atoms with Crippen LogP contribution in [0.15, 0.2) is 12.3 Å². The van der Waals surface area contributed by atoms with Gasteiger partial charge in [-0.1, -0.05) is 19.8 Å². The van der Waals surface area contributed by atoms with Gasteiger partial charge >= 0.3 is 5.97 Å². The number of carbonyl (C=O) groups is 1. The summed E-state index contributed by atoms with van der Waals surface area (Å²) in [7, 11) is 0. The Morgan fingerprint density at radius 3 is 3.00 bits per heavy atom. The smallest absolute Gasteiger partial charge is 0.352 e. The minimum absolute atomic E-state index is 0.424. The number of aromatic carboxylic acids is 1. The first-order valence-corrected chi connectivity index (χ1v) is 7.23. The van der Waals surface area contributed by atoms with Gasteiger partial charge in [0.25, 0.3) is 0 Å². The molecule has 0 amide bonds. The third kappa shape index (κ3) is 3.24. The van der Waals surface area contributed by atoms with Gasteiger partial charge < -0.3 is 9.67 Å². The Labute approximate surface area is 115 Å². The average Bonchev–Trinajstić information content (AvgIpc) is 2.59. The second kappa shape index (κ2) is 5.42. The summed E-state index contributed by atoms with van der Waals surface area (Å²) in [6.45, 7) is 3.15. The molecule has 1 aromatic rings. The number of hydrogen-bond donors (Lipinski definition) is 1. The van der Waals surface area contributed by atoms with Gasteiger partial charge in [0.1, 0.15) is 5.69 Å². The monoisotopic (exact) mass is 347 g/mol. The molecule has 2 unspecified atom stereocenters. The molecule has 0 radical (unpaired) electrons. The van der Waals surface area contributed by atoms with Crippen LogP contribution in [0.25, 0.3) is 0 Å². The lowest BCUT2D eigenvalue weighted by molar-refractivity contribution is 0.0683. The summed E-state index contributed by atoms with van der Waals surface area (Å²) in [6, 6.07) is 1.75. The Balaban J connectivity index is 2.09. The van der Waals surface area contributed by atoms with Crippen LogP contribution in [0, 0.1) is 15.4 Å². The fourth-order valence-corrected chi connectivity index (χ4v) is 3.44. The first kappa shape index (κ1) is 12.9. The highest BCUT2D eigenvalue weighted by molar-refractivity contribution is 14.1. The topological polar surface area (TPSA) is 42.2 Å². The second-order valence-electron chi connectivity index (χ2n) is 5.14. The molecular formula is C13H18INO2. The quantitative estimate of drug-likeness (QED) is 0.849. The van der Waals surface area contributed by atoms with Crippen LogP contribution in [0.5, 0.6) is 0 Å². The van der Waals surface area contributed by atoms with Gasteiger partial charge in [-0.25, -0.2) is 4.79 Å². The van der Waals surface area contributed by atoms with Gasteiger partial charge in [-0.2, -0.15) is 0 Å². The molecule has 1 fully saturated rings. The number of hydrogen-bond acceptors (Lipinski definition) is 1. The maximum Gasteiger partial charge on any atom is 0.352 e. The SMILES string of the molecule is CC1CCCC(Cn2cc(I)cc2C(=O)O)C1. The zero-order chi connectivity index (χ0) is 12.4. The van der Waals surface area contributed by atoms with Gasteiger partial charge in [0.15, 0.2) is 0 Å². The number of halogens is 1. The average molecular weight is 347 g/mol. The summed E-state index contributed by atoms with van der Waals surface area (Å²) in [5.74, 6) is 0.605. The molecule has 1 saturated carbocycles. The van der Waals surface area contributed by atoms with Crippen molar-refractivity contribution in [3.63, 3.8) is 0 Å². The van der Waals surface area contributed by atoms with Crippen molar-refractivity contribution in [1.82, 2.24) is 4.57 Å². The molecule has 1 aliphatic carbocycles. The van der Waals surface area contributed by atoms with Crippen LogP contribution >= 0.6 is 22.6 Å². The zero-order valence-electron chi connectivity index (χ0n) is 10.0. The van der Waals surface area contributed by atoms with Gasteiger partial charge in [0.2, 0.25) is 0 Å². The van der Waals surface area contributed by atoms with E-state index in [1.54, 1.807) is 6.07 Å². The Kier molecular flexibility index (Phi) is 4.12. The predicted octanol–water partition coefficient (Wildman–Crippen LogP) is 3.62. The van der Waals surface area contributed by atoms with E-state index in [9.17, 15) is 4.79 Å². The van der Waals surface area contributed by atoms with Gasteiger partial charge in [-0.15, -0.1) is 0 Å². The first-order valence-electron chi connectivity index (χ1n) is 6.15. The molecule has 2 atom stereocenters. The van der Waals surface area contributed by atoms with E-state index in [4.69, 9.17) is 5.11 Å². The molecule has 17 heavy (non-hydrogen) atoms. The molecule has 94 valence electrons. The molecule has 0 saturated heterocycles. The normalized spacial score (nSPS) is 24.8. The van der Waals surface area contributed by atoms with Crippen molar-refractivity contribution < 1.29 is 9.90 Å². The molecule has 1 heterocycles. The number of nitrogens with zero attached hydrogens (tertiary/aromatic N) is 1. The van der Waals surface area contributed by atoms with E-state index in [1.807, 2.05) is 10.8 Å². The molecule has 0 aliphatic heterocycles. The zero-order valence-corrected chi connectivity index (χ0v) is 12.2. The maximum atomic E-state index is 11.1. The van der Waals surface area contributed by atoms with Crippen molar-refractivity contribution >= 4 is 28.6 Å². The van der Waals surface area contributed by atoms with E-state index in [1.165, 1.54) is 25.7 Å². The van der Waals surface area contributed by atoms with Crippen molar-refractivity contribution in [2.75, 3.05) is 0 Å². The number of aromatic nitrogens is 1. The van der Waals surface area contributed by atoms with Crippen LogP contribution in [-0.2, 0) is 6.54 Å². The van der Waals surface area contributed by atoms with Crippen molar-refractivity contribution in [2.24, 2.45) is 11.8 Å². The van der Waals surface area contributed by atoms with E-state index in [2.05, 4.69) is 29.5 Å². The summed E-state index contributed by atoms with van der Waals surface area (Å²) in [6.07, 6.45) is 7.02. The van der Waals surface area contributed by atoms with E-state index in [0.717, 1.165) is 16.0 Å². The van der Waals surface area contributed by atoms with Gasteiger partial charge in [0, 0.05) is 16.3 Å². The van der Waals surface area contributed by atoms with Crippen LogP contribution in [-0.4, -0.2) is 15.6 Å². The molecule has 0 bridgehead atoms. The Bertz CT molecular complexity index is 414. The highest BCUT2D eigenvalue weighted by Crippen LogP contribution is 2.30. The van der Waals surface area contributed by atoms with Crippen LogP contribution < -0.4 is 0 Å². The van der Waals surface area contributed by atoms with E-state index >= 15 is 0 Å². The van der Waals surface area contributed by atoms with Gasteiger partial charge in [-0.3, -0.25) is 0 Å². The first-order chi connectivity index (χ1) is 8.06. The third-order valence-electron chi connectivity index (χ3n) is 3.58. The van der Waals surface area contributed by atoms with E-state index in [-0.39, 0.29) is 0 Å². The fourth-order valence-electron chi connectivity index (χ4n) is 2.81. The van der Waals surface area contributed by atoms with Crippen LogP contribution in [0.1, 0.15) is 43.1 Å². The summed E-state index contributed by atoms with van der Waals surface area (Å²) in [4.78, 5) is 11.1. The van der Waals surface area contributed by atoms with E-state index < -0.39 is 5.97 Å². The fraction of sp³-hybridized carbons (Fsp3) is 0.615. The Hall–Kier alpha value is -0.520. The lowest BCUT2D eigenvalue weighted by Gasteiger charge is -2.27. The molecular weight excluding hydrogens is 329 g/mol. The minimum Gasteiger partial charge on any atom is -0.477 e. The van der Waals surface area contributed by atoms with Gasteiger partial charge in [-0.05, 0) is 53.3 Å². The van der Waals surface area contributed by atoms with Crippen molar-refractivity contribution in [2.45, 2.75) is 39.2 Å². The third-order valence-corrected chi connectivity index (χ3v) is 4.17. The van der Waals surface area contributed by atoms with Crippen molar-refractivity contribution in [1.29, 1.82) is 0 Å². The molecule has 1 aromatic heterocycles. The molecule has 1 N–H and O–H groups in total. The predicted molar refractivity (Wildman–Crippen MR) is 75.2 cm³/mol. The van der Waals surface area contributed by atoms with Crippen LogP contribution in [0.4, 0.5) is 0 Å². The van der Waals surface area contributed by atoms with Crippen LogP contribution in [0.3, 0.4) is 0 Å². The molecule has 1 aliphatic rings. The van der Waals surface area contributed by atoms with Crippen molar-refractivity contribution in [3.8, 4) is 0 Å². The Morgan fingerprint density at radius 1 is 1.59 bits per heavy atom. The lowest BCUT2D eigenvalue weighted by atomic mass is 9.82. The Morgan fingerprint density at radius 2 is 2.35 bits per heavy atom. The molecule has 2 rings (SSSR count). The summed E-state index contributed by atoms with van der Waals surface area (Å²) >= 11 is 2.17. The lowest BCUT2D eigenvalue weighted by Crippen LogP contribution is -2.20. The minimum atomic E-state index is -0.822. The summed E-state index contributed by atoms with van der Waals surface area (Å²) in [5, 5.41) is 9.14. The molecule has 3 nitrogen and oxygen atoms in total. The van der Waals surface area contributed by atoms with Gasteiger partial charge in [0.05, 0.1) is 0 Å². The van der Waals surface area contributed by atoms with Crippen LogP contribution in [0.2, 0.25) is 0 Å². The number of rotatable bonds is 3. The maximum absolute atomic E-state index is 11.1. The number of carboxylic acid groups (broad SMARTS) is 1. The van der Waals surface area contributed by atoms with Crippen molar-refractivity contribution in [3.05, 3.63) is 21.5 Å². The number of carboxylic acids is 1. The molecule has 0 aromatic carbocycles. The summed E-state index contributed by atoms with van der Waals surface area (Å²) < 4.78 is 2.91. The molecule has 4 heteroatoms.